The quantitative estimate of drug-likeness (QED) is 0.850. The summed E-state index contributed by atoms with van der Waals surface area (Å²) in [5.41, 5.74) is 5.69. The van der Waals surface area contributed by atoms with E-state index in [0.29, 0.717) is 29.7 Å². The van der Waals surface area contributed by atoms with Crippen LogP contribution >= 0.6 is 11.6 Å². The van der Waals surface area contributed by atoms with Gasteiger partial charge in [-0.3, -0.25) is 4.79 Å². The van der Waals surface area contributed by atoms with Gasteiger partial charge in [0.05, 0.1) is 30.1 Å². The molecule has 3 N–H and O–H groups in total. The van der Waals surface area contributed by atoms with Crippen molar-refractivity contribution in [2.75, 3.05) is 42.3 Å². The van der Waals surface area contributed by atoms with Crippen LogP contribution < -0.4 is 16.0 Å². The van der Waals surface area contributed by atoms with E-state index < -0.39 is 5.91 Å². The van der Waals surface area contributed by atoms with Gasteiger partial charge in [-0.05, 0) is 6.07 Å². The first kappa shape index (κ1) is 14.5. The Kier molecular flexibility index (Phi) is 4.07. The number of morpholine rings is 1. The number of carbonyl (C=O) groups excluding carboxylic acids is 1. The molecule has 0 unspecified atom stereocenters. The molecule has 0 spiro atoms. The fraction of sp³-hybridized carbons (Fsp3) is 0.333. The van der Waals surface area contributed by atoms with Crippen LogP contribution in [-0.4, -0.2) is 47.4 Å². The molecule has 1 fully saturated rings. The summed E-state index contributed by atoms with van der Waals surface area (Å²) in [5.74, 6) is -0.155. The molecule has 1 aliphatic rings. The fourth-order valence-corrected chi connectivity index (χ4v) is 2.30. The number of nitrogen functional groups attached to an aromatic ring is 1. The van der Waals surface area contributed by atoms with E-state index in [9.17, 15) is 4.79 Å². The first-order chi connectivity index (χ1) is 10.6. The summed E-state index contributed by atoms with van der Waals surface area (Å²) < 4.78 is 10.1. The summed E-state index contributed by atoms with van der Waals surface area (Å²) in [6.07, 6.45) is 1.51. The lowest BCUT2D eigenvalue weighted by Crippen LogP contribution is -2.36. The lowest BCUT2D eigenvalue weighted by Gasteiger charge is -2.28. The third-order valence-electron chi connectivity index (χ3n) is 3.03. The van der Waals surface area contributed by atoms with Crippen molar-refractivity contribution in [3.05, 3.63) is 23.2 Å². The average molecular weight is 325 g/mol. The minimum absolute atomic E-state index is 0.177. The zero-order valence-electron chi connectivity index (χ0n) is 11.5. The predicted octanol–water partition coefficient (Wildman–Crippen LogP) is 0.789. The largest absolute Gasteiger partial charge is 0.399 e. The molecule has 0 aliphatic carbocycles. The molecule has 3 rings (SSSR count). The Balaban J connectivity index is 1.72. The van der Waals surface area contributed by atoms with Gasteiger partial charge in [-0.15, -0.1) is 5.10 Å². The van der Waals surface area contributed by atoms with E-state index in [1.165, 1.54) is 6.20 Å². The highest BCUT2D eigenvalue weighted by atomic mass is 35.5. The molecule has 1 saturated heterocycles. The monoisotopic (exact) mass is 324 g/mol. The minimum atomic E-state index is -0.582. The second-order valence-corrected chi connectivity index (χ2v) is 4.94. The molecule has 0 saturated carbocycles. The second kappa shape index (κ2) is 6.16. The number of aromatic nitrogens is 3. The number of hydrogen-bond acceptors (Lipinski definition) is 8. The second-order valence-electron chi connectivity index (χ2n) is 4.53. The number of halogens is 1. The van der Waals surface area contributed by atoms with Gasteiger partial charge in [-0.2, -0.15) is 0 Å². The Morgan fingerprint density at radius 1 is 1.36 bits per heavy atom. The van der Waals surface area contributed by atoms with Gasteiger partial charge in [0.1, 0.15) is 5.82 Å². The SMILES string of the molecule is Nc1nnc(C(=O)Nc2cnc(N3CCOCC3)c(Cl)c2)o1. The summed E-state index contributed by atoms with van der Waals surface area (Å²) in [4.78, 5) is 18.2. The van der Waals surface area contributed by atoms with E-state index in [1.54, 1.807) is 6.07 Å². The van der Waals surface area contributed by atoms with Crippen LogP contribution in [-0.2, 0) is 4.74 Å². The lowest BCUT2D eigenvalue weighted by molar-refractivity contribution is 0.0991. The third-order valence-corrected chi connectivity index (χ3v) is 3.30. The van der Waals surface area contributed by atoms with Crippen molar-refractivity contribution in [2.24, 2.45) is 0 Å². The Hall–Kier alpha value is -2.39. The topological polar surface area (TPSA) is 119 Å². The van der Waals surface area contributed by atoms with E-state index >= 15 is 0 Å². The molecule has 1 amide bonds. The zero-order chi connectivity index (χ0) is 15.5. The standard InChI is InChI=1S/C12H13ClN6O3/c13-8-5-7(16-10(20)11-17-18-12(14)22-11)6-15-9(8)19-1-3-21-4-2-19/h5-6H,1-4H2,(H2,14,18)(H,16,20). The first-order valence-corrected chi connectivity index (χ1v) is 6.90. The van der Waals surface area contributed by atoms with E-state index in [-0.39, 0.29) is 11.9 Å². The third kappa shape index (κ3) is 3.10. The maximum Gasteiger partial charge on any atom is 0.313 e. The molecule has 10 heteroatoms. The molecular formula is C12H13ClN6O3. The van der Waals surface area contributed by atoms with Crippen LogP contribution in [0.4, 0.5) is 17.5 Å². The zero-order valence-corrected chi connectivity index (χ0v) is 12.2. The molecule has 0 atom stereocenters. The Labute approximate surface area is 130 Å². The number of hydrogen-bond donors (Lipinski definition) is 2. The number of anilines is 3. The van der Waals surface area contributed by atoms with Crippen molar-refractivity contribution in [1.29, 1.82) is 0 Å². The number of ether oxygens (including phenoxy) is 1. The van der Waals surface area contributed by atoms with Crippen LogP contribution in [0.25, 0.3) is 0 Å². The molecule has 0 aromatic carbocycles. The number of pyridine rings is 1. The predicted molar refractivity (Wildman–Crippen MR) is 78.9 cm³/mol. The number of nitrogens with two attached hydrogens (primary N) is 1. The van der Waals surface area contributed by atoms with Crippen molar-refractivity contribution in [3.8, 4) is 0 Å². The van der Waals surface area contributed by atoms with E-state index in [4.69, 9.17) is 26.5 Å². The van der Waals surface area contributed by atoms with Gasteiger partial charge in [0.2, 0.25) is 0 Å². The highest BCUT2D eigenvalue weighted by molar-refractivity contribution is 6.33. The van der Waals surface area contributed by atoms with Crippen LogP contribution in [0.3, 0.4) is 0 Å². The van der Waals surface area contributed by atoms with Crippen molar-refractivity contribution in [1.82, 2.24) is 15.2 Å². The Bertz CT molecular complexity index is 685. The van der Waals surface area contributed by atoms with Crippen LogP contribution in [0.2, 0.25) is 5.02 Å². The molecule has 0 radical (unpaired) electrons. The summed E-state index contributed by atoms with van der Waals surface area (Å²) in [7, 11) is 0. The molecule has 116 valence electrons. The van der Waals surface area contributed by atoms with Crippen molar-refractivity contribution >= 4 is 35.0 Å². The molecular weight excluding hydrogens is 312 g/mol. The molecule has 0 bridgehead atoms. The van der Waals surface area contributed by atoms with E-state index in [2.05, 4.69) is 20.5 Å². The fourth-order valence-electron chi connectivity index (χ4n) is 2.02. The summed E-state index contributed by atoms with van der Waals surface area (Å²) in [6, 6.07) is 1.43. The molecule has 2 aromatic heterocycles. The van der Waals surface area contributed by atoms with Gasteiger partial charge >= 0.3 is 17.8 Å². The van der Waals surface area contributed by atoms with Crippen LogP contribution in [0.1, 0.15) is 10.7 Å². The summed E-state index contributed by atoms with van der Waals surface area (Å²) in [6.45, 7) is 2.71. The Morgan fingerprint density at radius 3 is 2.77 bits per heavy atom. The highest BCUT2D eigenvalue weighted by Crippen LogP contribution is 2.26. The molecule has 3 heterocycles. The van der Waals surface area contributed by atoms with Crippen LogP contribution in [0, 0.1) is 0 Å². The molecule has 22 heavy (non-hydrogen) atoms. The van der Waals surface area contributed by atoms with Gasteiger partial charge < -0.3 is 25.1 Å². The maximum atomic E-state index is 11.9. The van der Waals surface area contributed by atoms with Crippen LogP contribution in [0.15, 0.2) is 16.7 Å². The number of nitrogens with one attached hydrogen (secondary N) is 1. The maximum absolute atomic E-state index is 11.9. The Morgan fingerprint density at radius 2 is 2.14 bits per heavy atom. The summed E-state index contributed by atoms with van der Waals surface area (Å²) >= 11 is 6.23. The molecule has 9 nitrogen and oxygen atoms in total. The first-order valence-electron chi connectivity index (χ1n) is 6.52. The minimum Gasteiger partial charge on any atom is -0.399 e. The van der Waals surface area contributed by atoms with Gasteiger partial charge in [0.15, 0.2) is 0 Å². The van der Waals surface area contributed by atoms with E-state index in [0.717, 1.165) is 13.1 Å². The normalized spacial score (nSPS) is 14.9. The van der Waals surface area contributed by atoms with Gasteiger partial charge in [0.25, 0.3) is 0 Å². The summed E-state index contributed by atoms with van der Waals surface area (Å²) in [5, 5.41) is 9.90. The van der Waals surface area contributed by atoms with Crippen molar-refractivity contribution in [2.45, 2.75) is 0 Å². The van der Waals surface area contributed by atoms with Crippen molar-refractivity contribution in [3.63, 3.8) is 0 Å². The molecule has 2 aromatic rings. The van der Waals surface area contributed by atoms with E-state index in [1.807, 2.05) is 4.90 Å². The molecule has 1 aliphatic heterocycles. The van der Waals surface area contributed by atoms with Gasteiger partial charge in [-0.25, -0.2) is 4.98 Å². The number of amides is 1. The highest BCUT2D eigenvalue weighted by Gasteiger charge is 2.18. The van der Waals surface area contributed by atoms with Crippen molar-refractivity contribution < 1.29 is 13.9 Å². The van der Waals surface area contributed by atoms with Gasteiger partial charge in [-0.1, -0.05) is 16.7 Å². The average Bonchev–Trinajstić information content (AvgIpc) is 2.95. The van der Waals surface area contributed by atoms with Gasteiger partial charge in [0, 0.05) is 13.1 Å². The number of nitrogens with zero attached hydrogens (tertiary/aromatic N) is 4. The smallest absolute Gasteiger partial charge is 0.313 e. The lowest BCUT2D eigenvalue weighted by atomic mass is 10.3. The number of rotatable bonds is 3. The van der Waals surface area contributed by atoms with Crippen LogP contribution in [0.5, 0.6) is 0 Å². The number of carbonyl (C=O) groups is 1.